The predicted molar refractivity (Wildman–Crippen MR) is 106 cm³/mol. The van der Waals surface area contributed by atoms with Gasteiger partial charge in [0.05, 0.1) is 12.2 Å². The van der Waals surface area contributed by atoms with Crippen molar-refractivity contribution >= 4 is 34.1 Å². The van der Waals surface area contributed by atoms with Crippen molar-refractivity contribution in [3.8, 4) is 6.07 Å². The summed E-state index contributed by atoms with van der Waals surface area (Å²) in [4.78, 5) is 5.16. The van der Waals surface area contributed by atoms with E-state index >= 15 is 0 Å². The van der Waals surface area contributed by atoms with Crippen LogP contribution in [0.5, 0.6) is 0 Å². The first-order valence-corrected chi connectivity index (χ1v) is 9.00. The van der Waals surface area contributed by atoms with E-state index in [0.29, 0.717) is 17.6 Å². The molecule has 0 radical (unpaired) electrons. The van der Waals surface area contributed by atoms with E-state index in [0.717, 1.165) is 33.6 Å². The standard InChI is InChI=1S/C19H23FN4S/c1-13-8-15-9-18(14(2)16(11-21)12-24(3)4)22-19(15)10-17(13)23-25-7-5-6-20/h8-10,12,22-23H,2,5-7H2,1,3-4H3/b16-12+. The van der Waals surface area contributed by atoms with E-state index in [-0.39, 0.29) is 6.67 Å². The third-order valence-electron chi connectivity index (χ3n) is 3.69. The quantitative estimate of drug-likeness (QED) is 0.306. The number of benzene rings is 1. The number of rotatable bonds is 8. The van der Waals surface area contributed by atoms with Gasteiger partial charge in [-0.2, -0.15) is 5.26 Å². The lowest BCUT2D eigenvalue weighted by Crippen LogP contribution is -2.03. The van der Waals surface area contributed by atoms with Crippen LogP contribution in [0.3, 0.4) is 0 Å². The number of hydrogen-bond donors (Lipinski definition) is 2. The zero-order chi connectivity index (χ0) is 18.4. The molecule has 0 saturated carbocycles. The van der Waals surface area contributed by atoms with Crippen LogP contribution in [0.1, 0.15) is 17.7 Å². The normalized spacial score (nSPS) is 11.4. The molecule has 6 heteroatoms. The molecule has 2 rings (SSSR count). The summed E-state index contributed by atoms with van der Waals surface area (Å²) in [5, 5.41) is 10.4. The van der Waals surface area contributed by atoms with Crippen molar-refractivity contribution in [3.05, 3.63) is 47.8 Å². The van der Waals surface area contributed by atoms with E-state index in [1.807, 2.05) is 38.1 Å². The summed E-state index contributed by atoms with van der Waals surface area (Å²) in [5.41, 5.74) is 5.09. The molecule has 132 valence electrons. The monoisotopic (exact) mass is 358 g/mol. The van der Waals surface area contributed by atoms with Crippen LogP contribution in [0.4, 0.5) is 10.1 Å². The number of fused-ring (bicyclic) bond motifs is 1. The Balaban J connectivity index is 2.27. The number of nitrogens with one attached hydrogen (secondary N) is 2. The van der Waals surface area contributed by atoms with Gasteiger partial charge in [-0.05, 0) is 37.1 Å². The van der Waals surface area contributed by atoms with E-state index in [2.05, 4.69) is 28.4 Å². The highest BCUT2D eigenvalue weighted by atomic mass is 32.2. The first-order chi connectivity index (χ1) is 12.0. The van der Waals surface area contributed by atoms with E-state index in [1.165, 1.54) is 11.9 Å². The molecule has 0 bridgehead atoms. The largest absolute Gasteiger partial charge is 0.382 e. The third kappa shape index (κ3) is 4.80. The lowest BCUT2D eigenvalue weighted by Gasteiger charge is -2.08. The van der Waals surface area contributed by atoms with Crippen LogP contribution < -0.4 is 4.72 Å². The van der Waals surface area contributed by atoms with Crippen LogP contribution in [-0.4, -0.2) is 36.4 Å². The minimum Gasteiger partial charge on any atom is -0.382 e. The predicted octanol–water partition coefficient (Wildman–Crippen LogP) is 4.88. The van der Waals surface area contributed by atoms with Crippen molar-refractivity contribution in [2.24, 2.45) is 0 Å². The summed E-state index contributed by atoms with van der Waals surface area (Å²) in [5.74, 6) is 0.724. The Morgan fingerprint density at radius 1 is 1.44 bits per heavy atom. The van der Waals surface area contributed by atoms with Gasteiger partial charge in [0.15, 0.2) is 0 Å². The van der Waals surface area contributed by atoms with Gasteiger partial charge in [-0.25, -0.2) is 0 Å². The first kappa shape index (κ1) is 18.9. The number of halogens is 1. The Hall–Kier alpha value is -2.39. The summed E-state index contributed by atoms with van der Waals surface area (Å²) < 4.78 is 15.4. The Morgan fingerprint density at radius 3 is 2.84 bits per heavy atom. The van der Waals surface area contributed by atoms with Gasteiger partial charge in [-0.15, -0.1) is 0 Å². The van der Waals surface area contributed by atoms with Crippen LogP contribution in [-0.2, 0) is 0 Å². The summed E-state index contributed by atoms with van der Waals surface area (Å²) in [6, 6.07) is 8.32. The number of nitriles is 1. The molecular formula is C19H23FN4S. The van der Waals surface area contributed by atoms with E-state index in [9.17, 15) is 9.65 Å². The number of allylic oxidation sites excluding steroid dienone is 2. The van der Waals surface area contributed by atoms with Crippen LogP contribution >= 0.6 is 11.9 Å². The Morgan fingerprint density at radius 2 is 2.20 bits per heavy atom. The van der Waals surface area contributed by atoms with Crippen LogP contribution in [0.25, 0.3) is 16.5 Å². The maximum absolute atomic E-state index is 12.2. The van der Waals surface area contributed by atoms with Gasteiger partial charge in [-0.1, -0.05) is 18.5 Å². The number of hydrogen-bond acceptors (Lipinski definition) is 4. The zero-order valence-electron chi connectivity index (χ0n) is 14.8. The summed E-state index contributed by atoms with van der Waals surface area (Å²) in [6.45, 7) is 5.79. The van der Waals surface area contributed by atoms with Gasteiger partial charge in [0.1, 0.15) is 6.07 Å². The lowest BCUT2D eigenvalue weighted by molar-refractivity contribution is 0.489. The minimum absolute atomic E-state index is 0.295. The second-order valence-corrected chi connectivity index (χ2v) is 6.93. The highest BCUT2D eigenvalue weighted by Gasteiger charge is 2.11. The third-order valence-corrected chi connectivity index (χ3v) is 4.54. The van der Waals surface area contributed by atoms with Gasteiger partial charge in [0.25, 0.3) is 0 Å². The molecule has 0 fully saturated rings. The maximum Gasteiger partial charge on any atom is 0.101 e. The molecule has 4 nitrogen and oxygen atoms in total. The van der Waals surface area contributed by atoms with Gasteiger partial charge in [0.2, 0.25) is 0 Å². The molecule has 0 aliphatic carbocycles. The molecule has 0 saturated heterocycles. The van der Waals surface area contributed by atoms with Crippen molar-refractivity contribution in [1.29, 1.82) is 5.26 Å². The molecule has 25 heavy (non-hydrogen) atoms. The van der Waals surface area contributed by atoms with Crippen molar-refractivity contribution in [2.45, 2.75) is 13.3 Å². The molecule has 0 aliphatic rings. The lowest BCUT2D eigenvalue weighted by atomic mass is 10.1. The van der Waals surface area contributed by atoms with Gasteiger partial charge < -0.3 is 14.6 Å². The molecule has 0 atom stereocenters. The highest BCUT2D eigenvalue weighted by Crippen LogP contribution is 2.29. The Bertz CT molecular complexity index is 830. The average molecular weight is 358 g/mol. The summed E-state index contributed by atoms with van der Waals surface area (Å²) in [6.07, 6.45) is 2.30. The Kier molecular flexibility index (Phi) is 6.54. The fraction of sp³-hybridized carbons (Fsp3) is 0.316. The number of nitrogens with zero attached hydrogens (tertiary/aromatic N) is 2. The number of aromatic amines is 1. The van der Waals surface area contributed by atoms with E-state index in [4.69, 9.17) is 0 Å². The molecule has 1 aromatic carbocycles. The zero-order valence-corrected chi connectivity index (χ0v) is 15.6. The number of H-pyrrole nitrogens is 1. The average Bonchev–Trinajstić information content (AvgIpc) is 2.98. The van der Waals surface area contributed by atoms with Crippen LogP contribution in [0.2, 0.25) is 0 Å². The first-order valence-electron chi connectivity index (χ1n) is 8.01. The fourth-order valence-corrected chi connectivity index (χ4v) is 3.13. The molecular weight excluding hydrogens is 335 g/mol. The molecule has 2 aromatic rings. The molecule has 0 spiro atoms. The maximum atomic E-state index is 12.2. The molecule has 0 aliphatic heterocycles. The number of aryl methyl sites for hydroxylation is 1. The molecule has 0 unspecified atom stereocenters. The Labute approximate surface area is 152 Å². The second kappa shape index (κ2) is 8.63. The van der Waals surface area contributed by atoms with E-state index in [1.54, 1.807) is 6.20 Å². The highest BCUT2D eigenvalue weighted by molar-refractivity contribution is 8.00. The minimum atomic E-state index is -0.295. The number of aromatic nitrogens is 1. The number of alkyl halides is 1. The van der Waals surface area contributed by atoms with Crippen molar-refractivity contribution in [2.75, 3.05) is 31.2 Å². The van der Waals surface area contributed by atoms with Crippen LogP contribution in [0.15, 0.2) is 36.6 Å². The summed E-state index contributed by atoms with van der Waals surface area (Å²) in [7, 11) is 3.75. The molecule has 1 heterocycles. The van der Waals surface area contributed by atoms with Crippen LogP contribution in [0, 0.1) is 18.3 Å². The molecule has 2 N–H and O–H groups in total. The molecule has 1 aromatic heterocycles. The fourth-order valence-electron chi connectivity index (χ4n) is 2.40. The second-order valence-electron chi connectivity index (χ2n) is 6.03. The van der Waals surface area contributed by atoms with E-state index < -0.39 is 0 Å². The molecule has 0 amide bonds. The van der Waals surface area contributed by atoms with Gasteiger partial charge in [0, 0.05) is 53.9 Å². The SMILES string of the molecule is C=C(/C(C#N)=C/N(C)C)c1cc2cc(C)c(NSCCCF)cc2[nH]1. The van der Waals surface area contributed by atoms with Crippen molar-refractivity contribution in [1.82, 2.24) is 9.88 Å². The smallest absolute Gasteiger partial charge is 0.101 e. The van der Waals surface area contributed by atoms with Gasteiger partial charge >= 0.3 is 0 Å². The summed E-state index contributed by atoms with van der Waals surface area (Å²) >= 11 is 1.50. The van der Waals surface area contributed by atoms with Crippen molar-refractivity contribution < 1.29 is 4.39 Å². The topological polar surface area (TPSA) is 54.9 Å². The van der Waals surface area contributed by atoms with Gasteiger partial charge in [-0.3, -0.25) is 4.39 Å². The van der Waals surface area contributed by atoms with Crippen molar-refractivity contribution in [3.63, 3.8) is 0 Å². The number of anilines is 1.